The summed E-state index contributed by atoms with van der Waals surface area (Å²) in [5, 5.41) is 3.96. The van der Waals surface area contributed by atoms with Crippen LogP contribution < -0.4 is 4.74 Å². The van der Waals surface area contributed by atoms with Crippen molar-refractivity contribution in [1.82, 2.24) is 15.0 Å². The SMILES string of the molecule is COc1cccc(-c2noc([C@H](C)N3C(=O)c4ccccc4C3=O)n2)c1. The van der Waals surface area contributed by atoms with Crippen LogP contribution in [0.1, 0.15) is 39.6 Å². The number of hydrogen-bond donors (Lipinski definition) is 0. The van der Waals surface area contributed by atoms with Crippen molar-refractivity contribution in [2.45, 2.75) is 13.0 Å². The van der Waals surface area contributed by atoms with Crippen LogP contribution in [0.4, 0.5) is 0 Å². The molecule has 7 nitrogen and oxygen atoms in total. The maximum Gasteiger partial charge on any atom is 0.262 e. The zero-order valence-corrected chi connectivity index (χ0v) is 14.2. The number of carbonyl (C=O) groups excluding carboxylic acids is 2. The molecule has 26 heavy (non-hydrogen) atoms. The fraction of sp³-hybridized carbons (Fsp3) is 0.158. The van der Waals surface area contributed by atoms with Crippen LogP contribution in [-0.2, 0) is 0 Å². The van der Waals surface area contributed by atoms with Gasteiger partial charge in [0.15, 0.2) is 0 Å². The monoisotopic (exact) mass is 349 g/mol. The third-order valence-electron chi connectivity index (χ3n) is 4.34. The number of imide groups is 1. The smallest absolute Gasteiger partial charge is 0.262 e. The number of amides is 2. The molecule has 0 saturated carbocycles. The Balaban J connectivity index is 1.64. The van der Waals surface area contributed by atoms with Gasteiger partial charge in [0.05, 0.1) is 18.2 Å². The van der Waals surface area contributed by atoms with E-state index in [0.29, 0.717) is 28.3 Å². The van der Waals surface area contributed by atoms with Gasteiger partial charge >= 0.3 is 0 Å². The normalized spacial score (nSPS) is 14.5. The van der Waals surface area contributed by atoms with Gasteiger partial charge in [0.2, 0.25) is 11.7 Å². The van der Waals surface area contributed by atoms with Crippen molar-refractivity contribution < 1.29 is 18.8 Å². The molecule has 1 aliphatic rings. The Labute approximate surface area is 149 Å². The molecule has 2 heterocycles. The number of benzene rings is 2. The summed E-state index contributed by atoms with van der Waals surface area (Å²) in [6.07, 6.45) is 0. The Bertz CT molecular complexity index is 976. The minimum absolute atomic E-state index is 0.192. The van der Waals surface area contributed by atoms with Crippen LogP contribution in [0.3, 0.4) is 0 Å². The van der Waals surface area contributed by atoms with Crippen LogP contribution in [-0.4, -0.2) is 34.0 Å². The molecule has 1 atom stereocenters. The quantitative estimate of drug-likeness (QED) is 0.673. The lowest BCUT2D eigenvalue weighted by atomic mass is 10.1. The van der Waals surface area contributed by atoms with Crippen LogP contribution in [0.25, 0.3) is 11.4 Å². The van der Waals surface area contributed by atoms with Crippen molar-refractivity contribution in [2.24, 2.45) is 0 Å². The molecule has 0 radical (unpaired) electrons. The van der Waals surface area contributed by atoms with Crippen molar-refractivity contribution in [3.05, 3.63) is 65.5 Å². The van der Waals surface area contributed by atoms with Crippen LogP contribution in [0, 0.1) is 0 Å². The summed E-state index contributed by atoms with van der Waals surface area (Å²) in [6, 6.07) is 13.3. The highest BCUT2D eigenvalue weighted by Crippen LogP contribution is 2.31. The van der Waals surface area contributed by atoms with Crippen molar-refractivity contribution in [3.63, 3.8) is 0 Å². The van der Waals surface area contributed by atoms with Gasteiger partial charge in [0.1, 0.15) is 11.8 Å². The third kappa shape index (κ3) is 2.45. The van der Waals surface area contributed by atoms with Gasteiger partial charge < -0.3 is 9.26 Å². The van der Waals surface area contributed by atoms with Crippen molar-refractivity contribution in [2.75, 3.05) is 7.11 Å². The highest BCUT2D eigenvalue weighted by molar-refractivity contribution is 6.21. The summed E-state index contributed by atoms with van der Waals surface area (Å²) >= 11 is 0. The van der Waals surface area contributed by atoms with Gasteiger partial charge in [-0.15, -0.1) is 0 Å². The molecular formula is C19H15N3O4. The predicted molar refractivity (Wildman–Crippen MR) is 91.6 cm³/mol. The summed E-state index contributed by atoms with van der Waals surface area (Å²) in [5.74, 6) is 0.500. The molecule has 0 aliphatic carbocycles. The number of carbonyl (C=O) groups is 2. The van der Waals surface area contributed by atoms with E-state index in [1.807, 2.05) is 18.2 Å². The fourth-order valence-electron chi connectivity index (χ4n) is 2.95. The average molecular weight is 349 g/mol. The Hall–Kier alpha value is -3.48. The molecule has 0 saturated heterocycles. The van der Waals surface area contributed by atoms with Crippen molar-refractivity contribution in [1.29, 1.82) is 0 Å². The number of aromatic nitrogens is 2. The molecule has 1 aromatic heterocycles. The first-order valence-corrected chi connectivity index (χ1v) is 8.05. The van der Waals surface area contributed by atoms with E-state index in [0.717, 1.165) is 4.90 Å². The first-order chi connectivity index (χ1) is 12.6. The molecule has 1 aliphatic heterocycles. The molecule has 4 rings (SSSR count). The number of methoxy groups -OCH3 is 1. The second-order valence-electron chi connectivity index (χ2n) is 5.89. The van der Waals surface area contributed by atoms with Crippen LogP contribution in [0.2, 0.25) is 0 Å². The Kier molecular flexibility index (Phi) is 3.76. The van der Waals surface area contributed by atoms with Crippen molar-refractivity contribution in [3.8, 4) is 17.1 Å². The fourth-order valence-corrected chi connectivity index (χ4v) is 2.95. The summed E-state index contributed by atoms with van der Waals surface area (Å²) in [7, 11) is 1.57. The zero-order chi connectivity index (χ0) is 18.3. The summed E-state index contributed by atoms with van der Waals surface area (Å²) < 4.78 is 10.5. The Morgan fingerprint density at radius 3 is 2.38 bits per heavy atom. The van der Waals surface area contributed by atoms with Gasteiger partial charge in [-0.05, 0) is 31.2 Å². The van der Waals surface area contributed by atoms with Gasteiger partial charge in [0, 0.05) is 5.56 Å². The van der Waals surface area contributed by atoms with E-state index >= 15 is 0 Å². The standard InChI is InChI=1S/C19H15N3O4/c1-11(22-18(23)14-8-3-4-9-15(14)19(22)24)17-20-16(21-26-17)12-6-5-7-13(10-12)25-2/h3-11H,1-2H3/t11-/m0/s1. The molecular weight excluding hydrogens is 334 g/mol. The maximum absolute atomic E-state index is 12.6. The van der Waals surface area contributed by atoms with E-state index in [1.54, 1.807) is 44.4 Å². The molecule has 0 fully saturated rings. The summed E-state index contributed by atoms with van der Waals surface area (Å²) in [6.45, 7) is 1.69. The van der Waals surface area contributed by atoms with Crippen LogP contribution in [0.5, 0.6) is 5.75 Å². The average Bonchev–Trinajstić information content (AvgIpc) is 3.26. The van der Waals surface area contributed by atoms with Gasteiger partial charge in [-0.25, -0.2) is 0 Å². The lowest BCUT2D eigenvalue weighted by Gasteiger charge is -2.18. The summed E-state index contributed by atoms with van der Waals surface area (Å²) in [5.41, 5.74) is 1.49. The van der Waals surface area contributed by atoms with E-state index in [-0.39, 0.29) is 17.7 Å². The van der Waals surface area contributed by atoms with Crippen molar-refractivity contribution >= 4 is 11.8 Å². The molecule has 0 bridgehead atoms. The predicted octanol–water partition coefficient (Wildman–Crippen LogP) is 3.10. The van der Waals surface area contributed by atoms with Gasteiger partial charge in [-0.3, -0.25) is 14.5 Å². The first-order valence-electron chi connectivity index (χ1n) is 8.05. The van der Waals surface area contributed by atoms with E-state index in [2.05, 4.69) is 10.1 Å². The minimum atomic E-state index is -0.672. The molecule has 0 unspecified atom stereocenters. The molecule has 0 N–H and O–H groups in total. The van der Waals surface area contributed by atoms with E-state index in [4.69, 9.17) is 9.26 Å². The Morgan fingerprint density at radius 2 is 1.73 bits per heavy atom. The van der Waals surface area contributed by atoms with E-state index in [9.17, 15) is 9.59 Å². The molecule has 7 heteroatoms. The number of ether oxygens (including phenoxy) is 1. The highest BCUT2D eigenvalue weighted by Gasteiger charge is 2.40. The van der Waals surface area contributed by atoms with E-state index in [1.165, 1.54) is 0 Å². The lowest BCUT2D eigenvalue weighted by Crippen LogP contribution is -2.32. The van der Waals surface area contributed by atoms with E-state index < -0.39 is 6.04 Å². The molecule has 0 spiro atoms. The van der Waals surface area contributed by atoms with Gasteiger partial charge in [-0.2, -0.15) is 4.98 Å². The first kappa shape index (κ1) is 16.0. The largest absolute Gasteiger partial charge is 0.497 e. The van der Waals surface area contributed by atoms with Gasteiger partial charge in [-0.1, -0.05) is 29.4 Å². The minimum Gasteiger partial charge on any atom is -0.497 e. The summed E-state index contributed by atoms with van der Waals surface area (Å²) in [4.78, 5) is 30.7. The molecule has 2 aromatic carbocycles. The second-order valence-corrected chi connectivity index (χ2v) is 5.89. The van der Waals surface area contributed by atoms with Gasteiger partial charge in [0.25, 0.3) is 11.8 Å². The second kappa shape index (κ2) is 6.11. The number of nitrogens with zero attached hydrogens (tertiary/aromatic N) is 3. The maximum atomic E-state index is 12.6. The molecule has 130 valence electrons. The zero-order valence-electron chi connectivity index (χ0n) is 14.2. The Morgan fingerprint density at radius 1 is 1.04 bits per heavy atom. The topological polar surface area (TPSA) is 85.5 Å². The highest BCUT2D eigenvalue weighted by atomic mass is 16.5. The third-order valence-corrected chi connectivity index (χ3v) is 4.34. The van der Waals surface area contributed by atoms with Crippen LogP contribution >= 0.6 is 0 Å². The number of fused-ring (bicyclic) bond motifs is 1. The van der Waals surface area contributed by atoms with Crippen LogP contribution in [0.15, 0.2) is 53.1 Å². The molecule has 3 aromatic rings. The number of rotatable bonds is 4. The lowest BCUT2D eigenvalue weighted by molar-refractivity contribution is 0.0568. The molecule has 2 amide bonds. The number of hydrogen-bond acceptors (Lipinski definition) is 6.